The monoisotopic (exact) mass is 408 g/mol. The van der Waals surface area contributed by atoms with Gasteiger partial charge in [0, 0.05) is 43.4 Å². The highest BCUT2D eigenvalue weighted by atomic mass is 16.3. The number of aromatic nitrogens is 2. The van der Waals surface area contributed by atoms with Crippen LogP contribution in [0.1, 0.15) is 24.0 Å². The second-order valence-corrected chi connectivity index (χ2v) is 8.02. The van der Waals surface area contributed by atoms with Gasteiger partial charge < -0.3 is 10.2 Å². The molecule has 0 atom stereocenters. The summed E-state index contributed by atoms with van der Waals surface area (Å²) in [5.41, 5.74) is 8.71. The van der Waals surface area contributed by atoms with Crippen molar-refractivity contribution in [3.8, 4) is 33.4 Å². The van der Waals surface area contributed by atoms with E-state index in [4.69, 9.17) is 0 Å². The van der Waals surface area contributed by atoms with Gasteiger partial charge in [-0.2, -0.15) is 0 Å². The van der Waals surface area contributed by atoms with E-state index in [0.29, 0.717) is 12.8 Å². The number of benzene rings is 2. The molecule has 0 amide bonds. The maximum absolute atomic E-state index is 10.0. The highest BCUT2D eigenvalue weighted by Crippen LogP contribution is 2.54. The Bertz CT molecular complexity index is 1110. The molecular weight excluding hydrogens is 384 g/mol. The lowest BCUT2D eigenvalue weighted by molar-refractivity contribution is 0.213. The number of fused-ring (bicyclic) bond motifs is 3. The lowest BCUT2D eigenvalue weighted by Crippen LogP contribution is -2.28. The van der Waals surface area contributed by atoms with Crippen molar-refractivity contribution in [3.63, 3.8) is 0 Å². The van der Waals surface area contributed by atoms with E-state index in [-0.39, 0.29) is 13.2 Å². The normalized spacial score (nSPS) is 13.6. The van der Waals surface area contributed by atoms with Crippen LogP contribution in [0.4, 0.5) is 0 Å². The van der Waals surface area contributed by atoms with Gasteiger partial charge in [-0.1, -0.05) is 24.3 Å². The summed E-state index contributed by atoms with van der Waals surface area (Å²) in [6, 6.07) is 21.1. The molecule has 1 aliphatic carbocycles. The van der Waals surface area contributed by atoms with Crippen molar-refractivity contribution in [3.05, 3.63) is 96.6 Å². The molecule has 0 fully saturated rings. The molecule has 2 aromatic carbocycles. The standard InChI is InChI=1S/C27H24N2O2/c30-15-9-27(10-16-31)25-17-21(19-5-11-28-12-6-19)1-3-23(25)24-4-2-22(18-26(24)27)20-7-13-29-14-8-20/h1-8,11-14,17-18,30-31H,9-10,15-16H2. The second kappa shape index (κ2) is 8.06. The van der Waals surface area contributed by atoms with Gasteiger partial charge in [0.1, 0.15) is 0 Å². The zero-order valence-electron chi connectivity index (χ0n) is 17.2. The Morgan fingerprint density at radius 1 is 0.548 bits per heavy atom. The van der Waals surface area contributed by atoms with Gasteiger partial charge in [-0.25, -0.2) is 0 Å². The van der Waals surface area contributed by atoms with E-state index in [1.54, 1.807) is 24.8 Å². The minimum Gasteiger partial charge on any atom is -0.396 e. The van der Waals surface area contributed by atoms with Gasteiger partial charge in [0.15, 0.2) is 0 Å². The number of aliphatic hydroxyl groups excluding tert-OH is 2. The number of hydrogen-bond acceptors (Lipinski definition) is 4. The predicted octanol–water partition coefficient (Wildman–Crippen LogP) is 4.84. The first kappa shape index (κ1) is 19.6. The SMILES string of the molecule is OCCC1(CCO)c2cc(-c3ccncc3)ccc2-c2ccc(-c3ccncc3)cc21. The molecule has 2 heterocycles. The average molecular weight is 409 g/mol. The fourth-order valence-electron chi connectivity index (χ4n) is 4.99. The fraction of sp³-hybridized carbons (Fsp3) is 0.185. The maximum Gasteiger partial charge on any atom is 0.0442 e. The Morgan fingerprint density at radius 2 is 0.968 bits per heavy atom. The molecular formula is C27H24N2O2. The third kappa shape index (κ3) is 3.25. The molecule has 4 nitrogen and oxygen atoms in total. The number of aliphatic hydroxyl groups is 2. The van der Waals surface area contributed by atoms with E-state index >= 15 is 0 Å². The number of pyridine rings is 2. The first-order valence-corrected chi connectivity index (χ1v) is 10.6. The van der Waals surface area contributed by atoms with Crippen LogP contribution in [0, 0.1) is 0 Å². The molecule has 0 bridgehead atoms. The van der Waals surface area contributed by atoms with Gasteiger partial charge >= 0.3 is 0 Å². The largest absolute Gasteiger partial charge is 0.396 e. The third-order valence-corrected chi connectivity index (χ3v) is 6.46. The van der Waals surface area contributed by atoms with Crippen LogP contribution in [-0.2, 0) is 5.41 Å². The number of rotatable bonds is 6. The van der Waals surface area contributed by atoms with Crippen LogP contribution in [0.15, 0.2) is 85.5 Å². The van der Waals surface area contributed by atoms with Crippen molar-refractivity contribution in [2.24, 2.45) is 0 Å². The summed E-state index contributed by atoms with van der Waals surface area (Å²) in [5, 5.41) is 20.1. The summed E-state index contributed by atoms with van der Waals surface area (Å²) in [7, 11) is 0. The van der Waals surface area contributed by atoms with Crippen molar-refractivity contribution >= 4 is 0 Å². The Labute approximate surface area is 181 Å². The van der Waals surface area contributed by atoms with Crippen molar-refractivity contribution in [2.75, 3.05) is 13.2 Å². The first-order chi connectivity index (χ1) is 15.3. The van der Waals surface area contributed by atoms with Crippen LogP contribution < -0.4 is 0 Å². The van der Waals surface area contributed by atoms with Crippen molar-refractivity contribution < 1.29 is 10.2 Å². The molecule has 0 aliphatic heterocycles. The minimum absolute atomic E-state index is 0.0534. The molecule has 0 unspecified atom stereocenters. The van der Waals surface area contributed by atoms with Crippen LogP contribution in [0.5, 0.6) is 0 Å². The summed E-state index contributed by atoms with van der Waals surface area (Å²) in [6.45, 7) is 0.107. The summed E-state index contributed by atoms with van der Waals surface area (Å²) < 4.78 is 0. The minimum atomic E-state index is -0.430. The Morgan fingerprint density at radius 3 is 1.35 bits per heavy atom. The lowest BCUT2D eigenvalue weighted by Gasteiger charge is -2.31. The van der Waals surface area contributed by atoms with Crippen molar-refractivity contribution in [1.29, 1.82) is 0 Å². The first-order valence-electron chi connectivity index (χ1n) is 10.6. The average Bonchev–Trinajstić information content (AvgIpc) is 3.09. The summed E-state index contributed by atoms with van der Waals surface area (Å²) >= 11 is 0. The molecule has 0 radical (unpaired) electrons. The molecule has 5 rings (SSSR count). The third-order valence-electron chi connectivity index (χ3n) is 6.46. The highest BCUT2D eigenvalue weighted by molar-refractivity contribution is 5.86. The molecule has 0 spiro atoms. The fourth-order valence-corrected chi connectivity index (χ4v) is 4.99. The maximum atomic E-state index is 10.0. The smallest absolute Gasteiger partial charge is 0.0442 e. The zero-order valence-corrected chi connectivity index (χ0v) is 17.2. The van der Waals surface area contributed by atoms with Gasteiger partial charge in [-0.15, -0.1) is 0 Å². The highest BCUT2D eigenvalue weighted by Gasteiger charge is 2.42. The molecule has 2 N–H and O–H groups in total. The van der Waals surface area contributed by atoms with Crippen LogP contribution >= 0.6 is 0 Å². The molecule has 4 heteroatoms. The summed E-state index contributed by atoms with van der Waals surface area (Å²) in [6.07, 6.45) is 8.32. The quantitative estimate of drug-likeness (QED) is 0.479. The van der Waals surface area contributed by atoms with Gasteiger partial charge in [0.25, 0.3) is 0 Å². The van der Waals surface area contributed by atoms with E-state index in [1.165, 1.54) is 22.3 Å². The van der Waals surface area contributed by atoms with Crippen LogP contribution in [0.2, 0.25) is 0 Å². The van der Waals surface area contributed by atoms with E-state index < -0.39 is 5.41 Å². The molecule has 31 heavy (non-hydrogen) atoms. The van der Waals surface area contributed by atoms with Crippen LogP contribution in [0.3, 0.4) is 0 Å². The zero-order chi connectivity index (χ0) is 21.3. The topological polar surface area (TPSA) is 66.2 Å². The lowest BCUT2D eigenvalue weighted by atomic mass is 9.72. The van der Waals surface area contributed by atoms with Crippen LogP contribution in [0.25, 0.3) is 33.4 Å². The summed E-state index contributed by atoms with van der Waals surface area (Å²) in [5.74, 6) is 0. The number of nitrogens with zero attached hydrogens (tertiary/aromatic N) is 2. The van der Waals surface area contributed by atoms with Crippen molar-refractivity contribution in [1.82, 2.24) is 9.97 Å². The molecule has 4 aromatic rings. The summed E-state index contributed by atoms with van der Waals surface area (Å²) in [4.78, 5) is 8.26. The van der Waals surface area contributed by atoms with Crippen molar-refractivity contribution in [2.45, 2.75) is 18.3 Å². The second-order valence-electron chi connectivity index (χ2n) is 8.02. The Balaban J connectivity index is 1.72. The Hall–Kier alpha value is -3.34. The predicted molar refractivity (Wildman–Crippen MR) is 123 cm³/mol. The number of hydrogen-bond donors (Lipinski definition) is 2. The van der Waals surface area contributed by atoms with E-state index in [2.05, 4.69) is 46.4 Å². The van der Waals surface area contributed by atoms with E-state index in [9.17, 15) is 10.2 Å². The van der Waals surface area contributed by atoms with Gasteiger partial charge in [0.2, 0.25) is 0 Å². The molecule has 154 valence electrons. The van der Waals surface area contributed by atoms with E-state index in [1.807, 2.05) is 24.3 Å². The van der Waals surface area contributed by atoms with Gasteiger partial charge in [-0.3, -0.25) is 9.97 Å². The van der Waals surface area contributed by atoms with Gasteiger partial charge in [0.05, 0.1) is 0 Å². The molecule has 0 saturated carbocycles. The van der Waals surface area contributed by atoms with Crippen LogP contribution in [-0.4, -0.2) is 33.4 Å². The molecule has 2 aromatic heterocycles. The molecule has 1 aliphatic rings. The van der Waals surface area contributed by atoms with Gasteiger partial charge in [-0.05, 0) is 93.7 Å². The molecule has 0 saturated heterocycles. The Kier molecular flexibility index (Phi) is 5.10. The van der Waals surface area contributed by atoms with E-state index in [0.717, 1.165) is 22.3 Å².